The monoisotopic (exact) mass is 344 g/mol. The summed E-state index contributed by atoms with van der Waals surface area (Å²) in [6.07, 6.45) is 0. The largest absolute Gasteiger partial charge is 0.337 e. The Hall–Kier alpha value is -1.07. The van der Waals surface area contributed by atoms with Crippen LogP contribution in [-0.2, 0) is 11.0 Å². The predicted molar refractivity (Wildman–Crippen MR) is 84.5 cm³/mol. The number of halogens is 3. The number of nitrogens with one attached hydrogen (secondary N) is 1. The zero-order valence-electron chi connectivity index (χ0n) is 9.86. The van der Waals surface area contributed by atoms with Crippen molar-refractivity contribution in [3.63, 3.8) is 0 Å². The van der Waals surface area contributed by atoms with E-state index in [1.165, 1.54) is 6.07 Å². The summed E-state index contributed by atoms with van der Waals surface area (Å²) in [4.78, 5) is 0.420. The maximum absolute atomic E-state index is 12.2. The van der Waals surface area contributed by atoms with Crippen molar-refractivity contribution in [3.05, 3.63) is 57.0 Å². The van der Waals surface area contributed by atoms with Gasteiger partial charge >= 0.3 is 0 Å². The van der Waals surface area contributed by atoms with E-state index in [2.05, 4.69) is 9.71 Å². The van der Waals surface area contributed by atoms with Crippen molar-refractivity contribution in [2.24, 2.45) is 4.40 Å². The Bertz CT molecular complexity index is 747. The highest BCUT2D eigenvalue weighted by molar-refractivity contribution is 7.84. The summed E-state index contributed by atoms with van der Waals surface area (Å²) in [5, 5.41) is 3.78. The van der Waals surface area contributed by atoms with Crippen LogP contribution in [0.5, 0.6) is 0 Å². The van der Waals surface area contributed by atoms with Gasteiger partial charge in [0.05, 0.1) is 25.7 Å². The van der Waals surface area contributed by atoms with Crippen LogP contribution in [0, 0.1) is 0 Å². The summed E-state index contributed by atoms with van der Waals surface area (Å²) in [5.41, 5.74) is 1.29. The molecule has 0 saturated carbocycles. The number of rotatable bonds is 1. The molecular weight excluding hydrogens is 339 g/mol. The molecule has 0 fully saturated rings. The minimum atomic E-state index is -1.58. The van der Waals surface area contributed by atoms with Crippen LogP contribution in [0.4, 0.5) is 5.69 Å². The van der Waals surface area contributed by atoms with E-state index in [1.54, 1.807) is 0 Å². The van der Waals surface area contributed by atoms with Gasteiger partial charge in [-0.1, -0.05) is 65.1 Å². The van der Waals surface area contributed by atoms with E-state index in [4.69, 9.17) is 34.8 Å². The van der Waals surface area contributed by atoms with Gasteiger partial charge in [-0.2, -0.15) is 4.40 Å². The minimum absolute atomic E-state index is 0.228. The van der Waals surface area contributed by atoms with Crippen LogP contribution in [0.2, 0.25) is 15.1 Å². The van der Waals surface area contributed by atoms with Crippen LogP contribution in [0.1, 0.15) is 5.56 Å². The molecule has 0 saturated heterocycles. The van der Waals surface area contributed by atoms with Crippen molar-refractivity contribution in [2.45, 2.75) is 4.90 Å². The third kappa shape index (κ3) is 2.33. The SMILES string of the molecule is O=S1N=C(c2ccccc2)Nc2c1cc(Cl)c(Cl)c2Cl. The number of hydrogen-bond acceptors (Lipinski definition) is 2. The van der Waals surface area contributed by atoms with E-state index in [0.29, 0.717) is 16.4 Å². The maximum atomic E-state index is 12.2. The molecule has 1 unspecified atom stereocenters. The Morgan fingerprint density at radius 3 is 2.45 bits per heavy atom. The van der Waals surface area contributed by atoms with Crippen molar-refractivity contribution in [1.82, 2.24) is 0 Å². The van der Waals surface area contributed by atoms with Gasteiger partial charge in [-0.05, 0) is 6.07 Å². The number of nitrogens with zero attached hydrogens (tertiary/aromatic N) is 1. The van der Waals surface area contributed by atoms with E-state index in [0.717, 1.165) is 5.56 Å². The summed E-state index contributed by atoms with van der Waals surface area (Å²) in [6.45, 7) is 0. The molecule has 3 rings (SSSR count). The van der Waals surface area contributed by atoms with Gasteiger partial charge in [-0.25, -0.2) is 4.21 Å². The van der Waals surface area contributed by atoms with Crippen LogP contribution in [-0.4, -0.2) is 10.0 Å². The number of anilines is 1. The zero-order chi connectivity index (χ0) is 14.3. The van der Waals surface area contributed by atoms with Crippen molar-refractivity contribution in [3.8, 4) is 0 Å². The molecule has 3 nitrogen and oxygen atoms in total. The number of hydrogen-bond donors (Lipinski definition) is 1. The van der Waals surface area contributed by atoms with Crippen LogP contribution in [0.25, 0.3) is 0 Å². The Labute approximate surface area is 133 Å². The summed E-state index contributed by atoms with van der Waals surface area (Å²) >= 11 is 18.1. The molecule has 1 heterocycles. The molecule has 2 aromatic rings. The fourth-order valence-corrected chi connectivity index (χ4v) is 3.56. The first-order chi connectivity index (χ1) is 9.58. The quantitative estimate of drug-likeness (QED) is 0.771. The maximum Gasteiger partial charge on any atom is 0.176 e. The lowest BCUT2D eigenvalue weighted by molar-refractivity contribution is 0.684. The summed E-state index contributed by atoms with van der Waals surface area (Å²) < 4.78 is 16.3. The molecule has 0 amide bonds. The third-order valence-corrected chi connectivity index (χ3v) is 5.09. The average Bonchev–Trinajstić information content (AvgIpc) is 2.47. The Kier molecular flexibility index (Phi) is 3.73. The number of fused-ring (bicyclic) bond motifs is 1. The van der Waals surface area contributed by atoms with Crippen molar-refractivity contribution < 1.29 is 4.21 Å². The molecule has 1 atom stereocenters. The smallest absolute Gasteiger partial charge is 0.176 e. The third-order valence-electron chi connectivity index (χ3n) is 2.78. The molecule has 20 heavy (non-hydrogen) atoms. The second kappa shape index (κ2) is 5.37. The van der Waals surface area contributed by atoms with E-state index in [9.17, 15) is 4.21 Å². The van der Waals surface area contributed by atoms with Crippen LogP contribution >= 0.6 is 34.8 Å². The van der Waals surface area contributed by atoms with Crippen molar-refractivity contribution in [2.75, 3.05) is 5.32 Å². The second-order valence-corrected chi connectivity index (χ2v) is 6.32. The number of amidine groups is 1. The van der Waals surface area contributed by atoms with E-state index in [1.807, 2.05) is 30.3 Å². The predicted octanol–water partition coefficient (Wildman–Crippen LogP) is 4.54. The van der Waals surface area contributed by atoms with Crippen molar-refractivity contribution >= 4 is 57.3 Å². The highest BCUT2D eigenvalue weighted by atomic mass is 35.5. The highest BCUT2D eigenvalue weighted by Gasteiger charge is 2.24. The lowest BCUT2D eigenvalue weighted by Gasteiger charge is -2.20. The number of benzene rings is 2. The Morgan fingerprint density at radius 1 is 1.05 bits per heavy atom. The standard InChI is InChI=1S/C13H7Cl3N2OS/c14-8-6-9-12(11(16)10(8)15)17-13(18-20(9)19)7-4-2-1-3-5-7/h1-6H,(H,17,18). The zero-order valence-corrected chi connectivity index (χ0v) is 12.9. The molecule has 1 aliphatic heterocycles. The average molecular weight is 346 g/mol. The summed E-state index contributed by atoms with van der Waals surface area (Å²) in [7, 11) is -1.58. The Morgan fingerprint density at radius 2 is 1.75 bits per heavy atom. The Balaban J connectivity index is 2.13. The molecule has 7 heteroatoms. The molecule has 0 aliphatic carbocycles. The second-order valence-electron chi connectivity index (χ2n) is 4.04. The van der Waals surface area contributed by atoms with Gasteiger partial charge < -0.3 is 5.32 Å². The summed E-state index contributed by atoms with van der Waals surface area (Å²) in [5.74, 6) is 0.483. The van der Waals surface area contributed by atoms with Crippen LogP contribution in [0.3, 0.4) is 0 Å². The van der Waals surface area contributed by atoms with Gasteiger partial charge in [-0.3, -0.25) is 0 Å². The van der Waals surface area contributed by atoms with Crippen LogP contribution < -0.4 is 5.32 Å². The van der Waals surface area contributed by atoms with E-state index >= 15 is 0 Å². The van der Waals surface area contributed by atoms with Crippen LogP contribution in [0.15, 0.2) is 45.7 Å². The van der Waals surface area contributed by atoms with Gasteiger partial charge in [0.1, 0.15) is 5.84 Å². The first-order valence-corrected chi connectivity index (χ1v) is 7.82. The minimum Gasteiger partial charge on any atom is -0.337 e. The molecule has 0 radical (unpaired) electrons. The molecule has 102 valence electrons. The molecular formula is C13H7Cl3N2OS. The fraction of sp³-hybridized carbons (Fsp3) is 0. The van der Waals surface area contributed by atoms with Gasteiger partial charge in [0, 0.05) is 5.56 Å². The summed E-state index contributed by atoms with van der Waals surface area (Å²) in [6, 6.07) is 10.9. The van der Waals surface area contributed by atoms with Crippen molar-refractivity contribution in [1.29, 1.82) is 0 Å². The molecule has 0 spiro atoms. The van der Waals surface area contributed by atoms with Gasteiger partial charge in [0.2, 0.25) is 0 Å². The molecule has 2 aromatic carbocycles. The lowest BCUT2D eigenvalue weighted by atomic mass is 10.2. The van der Waals surface area contributed by atoms with Gasteiger partial charge in [0.15, 0.2) is 11.0 Å². The molecule has 1 N–H and O–H groups in total. The lowest BCUT2D eigenvalue weighted by Crippen LogP contribution is -2.20. The first-order valence-electron chi connectivity index (χ1n) is 5.58. The van der Waals surface area contributed by atoms with E-state index < -0.39 is 11.0 Å². The molecule has 1 aliphatic rings. The molecule has 0 aromatic heterocycles. The topological polar surface area (TPSA) is 41.5 Å². The van der Waals surface area contributed by atoms with Gasteiger partial charge in [0.25, 0.3) is 0 Å². The van der Waals surface area contributed by atoms with Gasteiger partial charge in [-0.15, -0.1) is 0 Å². The first kappa shape index (κ1) is 13.9. The molecule has 0 bridgehead atoms. The van der Waals surface area contributed by atoms with E-state index in [-0.39, 0.29) is 15.1 Å². The fourth-order valence-electron chi connectivity index (χ4n) is 1.82. The highest BCUT2D eigenvalue weighted by Crippen LogP contribution is 2.41. The normalized spacial score (nSPS) is 17.1.